The van der Waals surface area contributed by atoms with E-state index >= 15 is 0 Å². The Hall–Kier alpha value is -2.60. The summed E-state index contributed by atoms with van der Waals surface area (Å²) in [5, 5.41) is 0.356. The van der Waals surface area contributed by atoms with Gasteiger partial charge in [0.15, 0.2) is 5.16 Å². The van der Waals surface area contributed by atoms with Crippen LogP contribution in [0.3, 0.4) is 0 Å². The van der Waals surface area contributed by atoms with Crippen molar-refractivity contribution in [1.29, 1.82) is 0 Å². The Morgan fingerprint density at radius 2 is 2.04 bits per heavy atom. The van der Waals surface area contributed by atoms with E-state index < -0.39 is 5.97 Å². The number of aromatic nitrogens is 2. The number of carbonyl (C=O) groups is 2. The monoisotopic (exact) mass is 338 g/mol. The summed E-state index contributed by atoms with van der Waals surface area (Å²) in [5.74, 6) is -0.433. The fourth-order valence-electron chi connectivity index (χ4n) is 2.80. The topological polar surface area (TPSA) is 61.2 Å². The largest absolute Gasteiger partial charge is 0.462 e. The van der Waals surface area contributed by atoms with Crippen LogP contribution in [0.15, 0.2) is 53.7 Å². The van der Waals surface area contributed by atoms with E-state index in [1.807, 2.05) is 30.3 Å². The van der Waals surface area contributed by atoms with Gasteiger partial charge in [0.25, 0.3) is 5.91 Å². The average molecular weight is 338 g/mol. The van der Waals surface area contributed by atoms with Crippen molar-refractivity contribution in [2.45, 2.75) is 17.3 Å². The summed E-state index contributed by atoms with van der Waals surface area (Å²) >= 11 is 1.43. The van der Waals surface area contributed by atoms with E-state index in [0.717, 1.165) is 5.56 Å². The fourth-order valence-corrected chi connectivity index (χ4v) is 3.95. The lowest BCUT2D eigenvalue weighted by Gasteiger charge is -2.07. The first-order valence-electron chi connectivity index (χ1n) is 7.64. The van der Waals surface area contributed by atoms with E-state index in [2.05, 4.69) is 4.98 Å². The molecule has 0 amide bonds. The molecule has 120 valence electrons. The normalized spacial score (nSPS) is 16.4. The van der Waals surface area contributed by atoms with Gasteiger partial charge in [0.05, 0.1) is 23.2 Å². The number of benzene rings is 2. The number of fused-ring (bicyclic) bond motifs is 3. The molecule has 0 N–H and O–H groups in total. The summed E-state index contributed by atoms with van der Waals surface area (Å²) in [6, 6.07) is 14.7. The van der Waals surface area contributed by atoms with E-state index in [9.17, 15) is 9.59 Å². The minimum Gasteiger partial charge on any atom is -0.462 e. The van der Waals surface area contributed by atoms with E-state index in [4.69, 9.17) is 4.74 Å². The molecule has 1 aliphatic rings. The molecule has 2 aromatic carbocycles. The van der Waals surface area contributed by atoms with Gasteiger partial charge < -0.3 is 4.74 Å². The van der Waals surface area contributed by atoms with Crippen molar-refractivity contribution in [3.05, 3.63) is 59.7 Å². The maximum absolute atomic E-state index is 12.9. The van der Waals surface area contributed by atoms with Crippen LogP contribution in [0, 0.1) is 0 Å². The van der Waals surface area contributed by atoms with E-state index in [0.29, 0.717) is 28.4 Å². The predicted molar refractivity (Wildman–Crippen MR) is 91.4 cm³/mol. The van der Waals surface area contributed by atoms with Gasteiger partial charge in [-0.25, -0.2) is 9.78 Å². The Kier molecular flexibility index (Phi) is 3.61. The lowest BCUT2D eigenvalue weighted by atomic mass is 10.1. The van der Waals surface area contributed by atoms with Crippen molar-refractivity contribution in [3.63, 3.8) is 0 Å². The fraction of sp³-hybridized carbons (Fsp3) is 0.167. The van der Waals surface area contributed by atoms with E-state index in [1.54, 1.807) is 29.7 Å². The summed E-state index contributed by atoms with van der Waals surface area (Å²) in [6.07, 6.45) is 0. The number of hydrogen-bond acceptors (Lipinski definition) is 5. The van der Waals surface area contributed by atoms with Gasteiger partial charge in [0, 0.05) is 0 Å². The van der Waals surface area contributed by atoms with Crippen molar-refractivity contribution in [2.24, 2.45) is 0 Å². The smallest absolute Gasteiger partial charge is 0.338 e. The molecule has 24 heavy (non-hydrogen) atoms. The zero-order valence-electron chi connectivity index (χ0n) is 12.9. The average Bonchev–Trinajstić information content (AvgIpc) is 3.12. The molecule has 1 aromatic heterocycles. The van der Waals surface area contributed by atoms with Crippen LogP contribution in [-0.2, 0) is 4.74 Å². The number of esters is 1. The second kappa shape index (κ2) is 5.79. The van der Waals surface area contributed by atoms with Gasteiger partial charge in [0.2, 0.25) is 0 Å². The highest BCUT2D eigenvalue weighted by Gasteiger charge is 2.35. The van der Waals surface area contributed by atoms with Gasteiger partial charge in [-0.3, -0.25) is 9.36 Å². The molecule has 0 saturated heterocycles. The van der Waals surface area contributed by atoms with Crippen LogP contribution in [0.2, 0.25) is 0 Å². The molecule has 4 rings (SSSR count). The number of thioether (sulfide) groups is 1. The van der Waals surface area contributed by atoms with Gasteiger partial charge in [-0.15, -0.1) is 0 Å². The molecule has 1 atom stereocenters. The SMILES string of the molecule is CCOC(=O)c1ccc2nc3n(c2c1)C(=O)C(c1ccccc1)S3. The summed E-state index contributed by atoms with van der Waals surface area (Å²) in [5.41, 5.74) is 2.72. The number of carbonyl (C=O) groups excluding carboxylic acids is 2. The minimum absolute atomic E-state index is 0.0373. The number of ether oxygens (including phenoxy) is 1. The molecule has 3 aromatic rings. The van der Waals surface area contributed by atoms with Crippen molar-refractivity contribution in [1.82, 2.24) is 9.55 Å². The van der Waals surface area contributed by atoms with Gasteiger partial charge >= 0.3 is 5.97 Å². The molecule has 0 aliphatic carbocycles. The molecule has 0 radical (unpaired) electrons. The molecule has 0 bridgehead atoms. The van der Waals surface area contributed by atoms with Crippen molar-refractivity contribution >= 4 is 34.7 Å². The Morgan fingerprint density at radius 3 is 2.79 bits per heavy atom. The quantitative estimate of drug-likeness (QED) is 0.682. The molecule has 0 saturated carbocycles. The zero-order valence-corrected chi connectivity index (χ0v) is 13.7. The third-order valence-electron chi connectivity index (χ3n) is 3.91. The standard InChI is InChI=1S/C18H14N2O3S/c1-2-23-17(22)12-8-9-13-14(10-12)20-16(21)15(24-18(20)19-13)11-6-4-3-5-7-11/h3-10,15H,2H2,1H3. The van der Waals surface area contributed by atoms with E-state index in [-0.39, 0.29) is 11.2 Å². The van der Waals surface area contributed by atoms with Crippen molar-refractivity contribution < 1.29 is 14.3 Å². The maximum Gasteiger partial charge on any atom is 0.338 e. The maximum atomic E-state index is 12.9. The number of rotatable bonds is 3. The van der Waals surface area contributed by atoms with E-state index in [1.165, 1.54) is 11.8 Å². The summed E-state index contributed by atoms with van der Waals surface area (Å²) in [4.78, 5) is 29.3. The molecule has 1 unspecified atom stereocenters. The first-order valence-corrected chi connectivity index (χ1v) is 8.52. The molecule has 0 spiro atoms. The Morgan fingerprint density at radius 1 is 1.25 bits per heavy atom. The minimum atomic E-state index is -0.396. The van der Waals surface area contributed by atoms with Crippen LogP contribution in [0.4, 0.5) is 0 Å². The predicted octanol–water partition coefficient (Wildman–Crippen LogP) is 3.70. The third-order valence-corrected chi connectivity index (χ3v) is 5.10. The van der Waals surface area contributed by atoms with Crippen LogP contribution < -0.4 is 0 Å². The van der Waals surface area contributed by atoms with Crippen LogP contribution in [0.1, 0.15) is 32.9 Å². The molecule has 1 aliphatic heterocycles. The Bertz CT molecular complexity index is 950. The van der Waals surface area contributed by atoms with Crippen molar-refractivity contribution in [3.8, 4) is 0 Å². The summed E-state index contributed by atoms with van der Waals surface area (Å²) in [7, 11) is 0. The first-order chi connectivity index (χ1) is 11.7. The lowest BCUT2D eigenvalue weighted by Crippen LogP contribution is -2.12. The zero-order chi connectivity index (χ0) is 16.7. The Balaban J connectivity index is 1.77. The highest BCUT2D eigenvalue weighted by atomic mass is 32.2. The molecule has 5 nitrogen and oxygen atoms in total. The molecular formula is C18H14N2O3S. The van der Waals surface area contributed by atoms with Gasteiger partial charge in [-0.1, -0.05) is 42.1 Å². The second-order valence-electron chi connectivity index (χ2n) is 5.40. The van der Waals surface area contributed by atoms with Gasteiger partial charge in [-0.2, -0.15) is 0 Å². The number of hydrogen-bond donors (Lipinski definition) is 0. The number of nitrogens with zero attached hydrogens (tertiary/aromatic N) is 2. The molecular weight excluding hydrogens is 324 g/mol. The molecule has 0 fully saturated rings. The van der Waals surface area contributed by atoms with Crippen LogP contribution in [-0.4, -0.2) is 28.0 Å². The highest BCUT2D eigenvalue weighted by molar-refractivity contribution is 8.00. The molecule has 2 heterocycles. The third kappa shape index (κ3) is 2.30. The summed E-state index contributed by atoms with van der Waals surface area (Å²) in [6.45, 7) is 2.07. The van der Waals surface area contributed by atoms with Crippen LogP contribution in [0.25, 0.3) is 11.0 Å². The Labute approximate surface area is 142 Å². The van der Waals surface area contributed by atoms with Crippen molar-refractivity contribution in [2.75, 3.05) is 6.61 Å². The molecule has 6 heteroatoms. The lowest BCUT2D eigenvalue weighted by molar-refractivity contribution is 0.0526. The van der Waals surface area contributed by atoms with Gasteiger partial charge in [0.1, 0.15) is 5.25 Å². The van der Waals surface area contributed by atoms with Crippen LogP contribution in [0.5, 0.6) is 0 Å². The highest BCUT2D eigenvalue weighted by Crippen LogP contribution is 2.44. The summed E-state index contributed by atoms with van der Waals surface area (Å²) < 4.78 is 6.63. The van der Waals surface area contributed by atoms with Crippen LogP contribution >= 0.6 is 11.8 Å². The first kappa shape index (κ1) is 15.0. The van der Waals surface area contributed by atoms with Gasteiger partial charge in [-0.05, 0) is 30.7 Å². The second-order valence-corrected chi connectivity index (χ2v) is 6.47. The number of imidazole rings is 1.